The monoisotopic (exact) mass is 389 g/mol. The Morgan fingerprint density at radius 3 is 2.54 bits per heavy atom. The zero-order valence-electron chi connectivity index (χ0n) is 16.9. The van der Waals surface area contributed by atoms with E-state index in [1.807, 2.05) is 50.2 Å². The first-order valence-corrected chi connectivity index (χ1v) is 9.56. The van der Waals surface area contributed by atoms with Crippen LogP contribution in [0.5, 0.6) is 5.75 Å². The first kappa shape index (κ1) is 21.8. The van der Waals surface area contributed by atoms with Gasteiger partial charge in [-0.15, -0.1) is 0 Å². The summed E-state index contributed by atoms with van der Waals surface area (Å²) in [7, 11) is 1.65. The van der Waals surface area contributed by atoms with Crippen LogP contribution in [0.3, 0.4) is 0 Å². The molecule has 0 amide bonds. The van der Waals surface area contributed by atoms with E-state index in [0.29, 0.717) is 25.7 Å². The highest BCUT2D eigenvalue weighted by Crippen LogP contribution is 2.19. The average molecular weight is 389 g/mol. The number of methoxy groups -OCH3 is 1. The van der Waals surface area contributed by atoms with Crippen LogP contribution in [0.25, 0.3) is 0 Å². The second-order valence-corrected chi connectivity index (χ2v) is 6.62. The summed E-state index contributed by atoms with van der Waals surface area (Å²) in [6.07, 6.45) is 1.83. The van der Waals surface area contributed by atoms with Crippen molar-refractivity contribution in [2.75, 3.05) is 33.4 Å². The largest absolute Gasteiger partial charge is 0.491 e. The second-order valence-electron chi connectivity index (χ2n) is 6.62. The maximum Gasteiger partial charge on any atom is 0.191 e. The first-order chi connectivity index (χ1) is 13.6. The van der Waals surface area contributed by atoms with E-state index in [1.165, 1.54) is 0 Å². The van der Waals surface area contributed by atoms with Crippen LogP contribution in [-0.2, 0) is 11.2 Å². The maximum absolute atomic E-state index is 10.4. The Morgan fingerprint density at radius 2 is 1.89 bits per heavy atom. The minimum atomic E-state index is -0.695. The third-order valence-corrected chi connectivity index (χ3v) is 3.90. The van der Waals surface area contributed by atoms with Gasteiger partial charge in [-0.25, -0.2) is 0 Å². The van der Waals surface area contributed by atoms with E-state index in [1.54, 1.807) is 13.4 Å². The average Bonchev–Trinajstić information content (AvgIpc) is 3.19. The Hall–Kier alpha value is -2.51. The first-order valence-electron chi connectivity index (χ1n) is 9.56. The number of guanidine groups is 1. The van der Waals surface area contributed by atoms with Crippen molar-refractivity contribution in [1.29, 1.82) is 0 Å². The lowest BCUT2D eigenvalue weighted by molar-refractivity contribution is 0.186. The molecular formula is C21H31N3O4. The summed E-state index contributed by atoms with van der Waals surface area (Å²) in [6.45, 7) is 6.07. The summed E-state index contributed by atoms with van der Waals surface area (Å²) < 4.78 is 16.0. The molecule has 0 bridgehead atoms. The van der Waals surface area contributed by atoms with Crippen LogP contribution in [0.4, 0.5) is 0 Å². The molecule has 2 aromatic rings. The van der Waals surface area contributed by atoms with Crippen molar-refractivity contribution in [3.63, 3.8) is 0 Å². The van der Waals surface area contributed by atoms with Crippen LogP contribution in [0.1, 0.15) is 31.3 Å². The van der Waals surface area contributed by atoms with Crippen LogP contribution < -0.4 is 15.4 Å². The fraction of sp³-hybridized carbons (Fsp3) is 0.476. The molecule has 0 aliphatic carbocycles. The molecule has 1 heterocycles. The lowest BCUT2D eigenvalue weighted by Crippen LogP contribution is -2.40. The molecule has 0 fully saturated rings. The summed E-state index contributed by atoms with van der Waals surface area (Å²) >= 11 is 0. The topological polar surface area (TPSA) is 88.2 Å². The van der Waals surface area contributed by atoms with Gasteiger partial charge in [0.15, 0.2) is 5.96 Å². The van der Waals surface area contributed by atoms with Gasteiger partial charge in [-0.05, 0) is 43.7 Å². The summed E-state index contributed by atoms with van der Waals surface area (Å²) in [4.78, 5) is 4.49. The van der Waals surface area contributed by atoms with Crippen LogP contribution in [0.15, 0.2) is 52.1 Å². The molecule has 1 aromatic heterocycles. The zero-order chi connectivity index (χ0) is 20.2. The van der Waals surface area contributed by atoms with E-state index >= 15 is 0 Å². The molecule has 7 heteroatoms. The van der Waals surface area contributed by atoms with Gasteiger partial charge in [0.25, 0.3) is 0 Å². The van der Waals surface area contributed by atoms with E-state index in [-0.39, 0.29) is 12.6 Å². The number of nitrogens with zero attached hydrogens (tertiary/aromatic N) is 1. The van der Waals surface area contributed by atoms with Crippen LogP contribution in [0.2, 0.25) is 0 Å². The normalized spacial score (nSPS) is 12.8. The lowest BCUT2D eigenvalue weighted by atomic mass is 10.1. The van der Waals surface area contributed by atoms with Gasteiger partial charge >= 0.3 is 0 Å². The van der Waals surface area contributed by atoms with Gasteiger partial charge in [-0.1, -0.05) is 12.1 Å². The molecule has 2 rings (SSSR count). The van der Waals surface area contributed by atoms with E-state index < -0.39 is 6.10 Å². The van der Waals surface area contributed by atoms with Gasteiger partial charge in [-0.3, -0.25) is 4.99 Å². The quantitative estimate of drug-likeness (QED) is 0.311. The standard InChI is InChI=1S/C21H31N3O4/c1-16(2)28-19-8-6-17(7-9-19)20(25)15-24-21(23-12-14-26-3)22-11-10-18-5-4-13-27-18/h4-9,13,16,20,25H,10-12,14-15H2,1-3H3,(H2,22,23,24). The van der Waals surface area contributed by atoms with Crippen molar-refractivity contribution in [2.24, 2.45) is 4.99 Å². The van der Waals surface area contributed by atoms with Gasteiger partial charge in [0.05, 0.1) is 31.6 Å². The molecule has 0 saturated heterocycles. The van der Waals surface area contributed by atoms with Gasteiger partial charge < -0.3 is 29.6 Å². The molecule has 0 aliphatic heterocycles. The Kier molecular flexibility index (Phi) is 9.37. The van der Waals surface area contributed by atoms with Gasteiger partial charge in [0, 0.05) is 26.6 Å². The number of aliphatic hydroxyl groups is 1. The fourth-order valence-corrected chi connectivity index (χ4v) is 2.53. The SMILES string of the molecule is COCCNC(=NCC(O)c1ccc(OC(C)C)cc1)NCCc1ccco1. The Balaban J connectivity index is 1.89. The highest BCUT2D eigenvalue weighted by atomic mass is 16.5. The fourth-order valence-electron chi connectivity index (χ4n) is 2.53. The van der Waals surface area contributed by atoms with E-state index in [2.05, 4.69) is 15.6 Å². The molecule has 28 heavy (non-hydrogen) atoms. The molecule has 1 atom stereocenters. The molecule has 7 nitrogen and oxygen atoms in total. The lowest BCUT2D eigenvalue weighted by Gasteiger charge is -2.15. The number of hydrogen-bond acceptors (Lipinski definition) is 5. The van der Waals surface area contributed by atoms with E-state index in [4.69, 9.17) is 13.9 Å². The number of hydrogen-bond donors (Lipinski definition) is 3. The van der Waals surface area contributed by atoms with Crippen molar-refractivity contribution in [3.05, 3.63) is 54.0 Å². The molecule has 0 radical (unpaired) electrons. The molecule has 0 spiro atoms. The molecule has 0 saturated carbocycles. The van der Waals surface area contributed by atoms with Crippen molar-refractivity contribution in [2.45, 2.75) is 32.5 Å². The Labute approximate surface area is 166 Å². The zero-order valence-corrected chi connectivity index (χ0v) is 16.9. The summed E-state index contributed by atoms with van der Waals surface area (Å²) in [6, 6.07) is 11.3. The Morgan fingerprint density at radius 1 is 1.14 bits per heavy atom. The van der Waals surface area contributed by atoms with Crippen molar-refractivity contribution in [3.8, 4) is 5.75 Å². The summed E-state index contributed by atoms with van der Waals surface area (Å²) in [5.41, 5.74) is 0.798. The molecule has 1 unspecified atom stereocenters. The van der Waals surface area contributed by atoms with E-state index in [9.17, 15) is 5.11 Å². The minimum absolute atomic E-state index is 0.119. The predicted molar refractivity (Wildman–Crippen MR) is 110 cm³/mol. The van der Waals surface area contributed by atoms with Crippen LogP contribution in [-0.4, -0.2) is 50.5 Å². The predicted octanol–water partition coefficient (Wildman–Crippen LogP) is 2.52. The van der Waals surface area contributed by atoms with Gasteiger partial charge in [0.2, 0.25) is 0 Å². The van der Waals surface area contributed by atoms with Crippen molar-refractivity contribution in [1.82, 2.24) is 10.6 Å². The van der Waals surface area contributed by atoms with E-state index in [0.717, 1.165) is 23.5 Å². The number of rotatable bonds is 11. The van der Waals surface area contributed by atoms with Crippen molar-refractivity contribution >= 4 is 5.96 Å². The number of aliphatic hydroxyl groups excluding tert-OH is 1. The smallest absolute Gasteiger partial charge is 0.191 e. The molecule has 154 valence electrons. The second kappa shape index (κ2) is 12.0. The summed E-state index contributed by atoms with van der Waals surface area (Å²) in [5, 5.41) is 16.9. The number of ether oxygens (including phenoxy) is 2. The molecule has 1 aromatic carbocycles. The summed E-state index contributed by atoms with van der Waals surface area (Å²) in [5.74, 6) is 2.32. The maximum atomic E-state index is 10.4. The van der Waals surface area contributed by atoms with Crippen LogP contribution in [0, 0.1) is 0 Å². The highest BCUT2D eigenvalue weighted by Gasteiger charge is 2.09. The van der Waals surface area contributed by atoms with Gasteiger partial charge in [-0.2, -0.15) is 0 Å². The number of benzene rings is 1. The number of aliphatic imine (C=N–C) groups is 1. The number of furan rings is 1. The number of nitrogens with one attached hydrogen (secondary N) is 2. The van der Waals surface area contributed by atoms with Gasteiger partial charge in [0.1, 0.15) is 11.5 Å². The van der Waals surface area contributed by atoms with Crippen LogP contribution >= 0.6 is 0 Å². The third kappa shape index (κ3) is 8.02. The van der Waals surface area contributed by atoms with Crippen molar-refractivity contribution < 1.29 is 19.0 Å². The Bertz CT molecular complexity index is 684. The molecule has 0 aliphatic rings. The molecular weight excluding hydrogens is 358 g/mol. The highest BCUT2D eigenvalue weighted by molar-refractivity contribution is 5.79. The third-order valence-electron chi connectivity index (χ3n) is 3.90. The minimum Gasteiger partial charge on any atom is -0.491 e. The molecule has 3 N–H and O–H groups in total.